The molecule has 30 heavy (non-hydrogen) atoms. The van der Waals surface area contributed by atoms with Crippen molar-refractivity contribution < 1.29 is 4.79 Å². The van der Waals surface area contributed by atoms with Crippen molar-refractivity contribution in [1.82, 2.24) is 10.2 Å². The number of nitrogens with one attached hydrogen (secondary N) is 1. The van der Waals surface area contributed by atoms with Crippen LogP contribution in [0.4, 0.5) is 0 Å². The number of halogens is 2. The number of carbonyl (C=O) groups excluding carboxylic acids is 1. The minimum absolute atomic E-state index is 0. The van der Waals surface area contributed by atoms with Crippen LogP contribution in [0.5, 0.6) is 0 Å². The fourth-order valence-electron chi connectivity index (χ4n) is 3.87. The Bertz CT molecular complexity index is 755. The summed E-state index contributed by atoms with van der Waals surface area (Å²) in [5, 5.41) is 3.03. The highest BCUT2D eigenvalue weighted by Gasteiger charge is 2.22. The molecule has 166 valence electrons. The van der Waals surface area contributed by atoms with Gasteiger partial charge in [-0.2, -0.15) is 0 Å². The summed E-state index contributed by atoms with van der Waals surface area (Å²) in [4.78, 5) is 15.1. The molecular weight excluding hydrogens is 417 g/mol. The molecule has 1 aliphatic heterocycles. The second kappa shape index (κ2) is 13.0. The highest BCUT2D eigenvalue weighted by Crippen LogP contribution is 2.20. The van der Waals surface area contributed by atoms with Crippen LogP contribution in [0.3, 0.4) is 0 Å². The van der Waals surface area contributed by atoms with Crippen molar-refractivity contribution in [3.8, 4) is 0 Å². The van der Waals surface area contributed by atoms with Crippen molar-refractivity contribution in [2.75, 3.05) is 6.54 Å². The van der Waals surface area contributed by atoms with Crippen LogP contribution in [0.15, 0.2) is 54.6 Å². The molecule has 6 heteroatoms. The number of likely N-dealkylation sites (tertiary alicyclic amines) is 1. The van der Waals surface area contributed by atoms with Crippen LogP contribution in [-0.2, 0) is 17.9 Å². The van der Waals surface area contributed by atoms with E-state index in [0.29, 0.717) is 12.6 Å². The number of amides is 1. The zero-order valence-corrected chi connectivity index (χ0v) is 19.6. The van der Waals surface area contributed by atoms with E-state index in [1.54, 1.807) is 0 Å². The van der Waals surface area contributed by atoms with E-state index in [2.05, 4.69) is 41.4 Å². The van der Waals surface area contributed by atoms with Gasteiger partial charge in [0.05, 0.1) is 5.92 Å². The third-order valence-corrected chi connectivity index (χ3v) is 5.95. The van der Waals surface area contributed by atoms with Crippen LogP contribution >= 0.6 is 24.8 Å². The molecule has 0 aromatic heterocycles. The Morgan fingerprint density at radius 3 is 2.33 bits per heavy atom. The summed E-state index contributed by atoms with van der Waals surface area (Å²) in [5.74, 6) is -0.287. The first-order chi connectivity index (χ1) is 13.5. The average Bonchev–Trinajstić information content (AvgIpc) is 2.74. The normalized spacial score (nSPS) is 18.4. The van der Waals surface area contributed by atoms with Crippen LogP contribution in [0.2, 0.25) is 0 Å². The Kier molecular flexibility index (Phi) is 11.4. The van der Waals surface area contributed by atoms with Crippen LogP contribution < -0.4 is 11.1 Å². The first-order valence-corrected chi connectivity index (χ1v) is 10.4. The molecule has 0 saturated carbocycles. The van der Waals surface area contributed by atoms with Crippen molar-refractivity contribution in [1.29, 1.82) is 0 Å². The van der Waals surface area contributed by atoms with Gasteiger partial charge in [0.25, 0.3) is 0 Å². The standard InChI is InChI=1S/C24H33N3O.2ClH/c1-18-8-6-7-15-27(18)17-21-13-11-20(12-14-21)16-26-24(28)19(2)23(25)22-9-4-3-5-10-22;;/h3-5,9-14,18-19,23H,6-8,15-17,25H2,1-2H3,(H,26,28);2*1H. The van der Waals surface area contributed by atoms with E-state index in [9.17, 15) is 4.79 Å². The summed E-state index contributed by atoms with van der Waals surface area (Å²) < 4.78 is 0. The van der Waals surface area contributed by atoms with E-state index in [-0.39, 0.29) is 42.7 Å². The van der Waals surface area contributed by atoms with Crippen LogP contribution in [0.25, 0.3) is 0 Å². The lowest BCUT2D eigenvalue weighted by Crippen LogP contribution is -2.36. The second-order valence-corrected chi connectivity index (χ2v) is 8.07. The lowest BCUT2D eigenvalue weighted by atomic mass is 9.94. The van der Waals surface area contributed by atoms with Gasteiger partial charge in [0, 0.05) is 25.2 Å². The smallest absolute Gasteiger partial charge is 0.225 e. The predicted molar refractivity (Wildman–Crippen MR) is 129 cm³/mol. The van der Waals surface area contributed by atoms with Crippen molar-refractivity contribution in [3.05, 3.63) is 71.3 Å². The molecule has 1 fully saturated rings. The molecule has 1 heterocycles. The Labute approximate surface area is 193 Å². The van der Waals surface area contributed by atoms with Gasteiger partial charge in [-0.05, 0) is 43.0 Å². The van der Waals surface area contributed by atoms with Gasteiger partial charge in [0.2, 0.25) is 5.91 Å². The molecule has 1 aliphatic rings. The minimum Gasteiger partial charge on any atom is -0.352 e. The van der Waals surface area contributed by atoms with Crippen LogP contribution in [-0.4, -0.2) is 23.4 Å². The molecule has 1 amide bonds. The molecule has 3 rings (SSSR count). The molecule has 3 atom stereocenters. The molecule has 1 saturated heterocycles. The number of carbonyl (C=O) groups is 1. The van der Waals surface area contributed by atoms with Gasteiger partial charge >= 0.3 is 0 Å². The number of benzene rings is 2. The zero-order valence-electron chi connectivity index (χ0n) is 17.9. The number of hydrogen-bond donors (Lipinski definition) is 2. The van der Waals surface area contributed by atoms with Gasteiger partial charge in [-0.25, -0.2) is 0 Å². The van der Waals surface area contributed by atoms with E-state index in [4.69, 9.17) is 5.73 Å². The Balaban J connectivity index is 0.00000225. The molecule has 2 aromatic carbocycles. The molecular formula is C24H35Cl2N3O. The van der Waals surface area contributed by atoms with E-state index in [0.717, 1.165) is 17.7 Å². The largest absolute Gasteiger partial charge is 0.352 e. The molecule has 3 unspecified atom stereocenters. The van der Waals surface area contributed by atoms with E-state index in [1.165, 1.54) is 31.4 Å². The average molecular weight is 452 g/mol. The number of hydrogen-bond acceptors (Lipinski definition) is 3. The van der Waals surface area contributed by atoms with Crippen LogP contribution in [0.1, 0.15) is 55.8 Å². The van der Waals surface area contributed by atoms with Gasteiger partial charge in [-0.1, -0.05) is 67.9 Å². The van der Waals surface area contributed by atoms with Crippen molar-refractivity contribution in [2.45, 2.75) is 58.3 Å². The lowest BCUT2D eigenvalue weighted by molar-refractivity contribution is -0.125. The summed E-state index contributed by atoms with van der Waals surface area (Å²) >= 11 is 0. The van der Waals surface area contributed by atoms with Gasteiger partial charge in [0.1, 0.15) is 0 Å². The quantitative estimate of drug-likeness (QED) is 0.631. The maximum Gasteiger partial charge on any atom is 0.225 e. The number of nitrogens with zero attached hydrogens (tertiary/aromatic N) is 1. The minimum atomic E-state index is -0.296. The lowest BCUT2D eigenvalue weighted by Gasteiger charge is -2.33. The van der Waals surface area contributed by atoms with Gasteiger partial charge in [-0.3, -0.25) is 9.69 Å². The Morgan fingerprint density at radius 2 is 1.70 bits per heavy atom. The number of rotatable bonds is 7. The summed E-state index contributed by atoms with van der Waals surface area (Å²) in [7, 11) is 0. The van der Waals surface area contributed by atoms with Crippen LogP contribution in [0, 0.1) is 5.92 Å². The molecule has 3 N–H and O–H groups in total. The highest BCUT2D eigenvalue weighted by atomic mass is 35.5. The van der Waals surface area contributed by atoms with E-state index in [1.807, 2.05) is 37.3 Å². The maximum atomic E-state index is 12.5. The molecule has 0 spiro atoms. The van der Waals surface area contributed by atoms with Gasteiger partial charge < -0.3 is 11.1 Å². The SMILES string of the molecule is CC(C(=O)NCc1ccc(CN2CCCCC2C)cc1)C(N)c1ccccc1.Cl.Cl. The first-order valence-electron chi connectivity index (χ1n) is 10.4. The highest BCUT2D eigenvalue weighted by molar-refractivity contribution is 5.85. The zero-order chi connectivity index (χ0) is 19.9. The van der Waals surface area contributed by atoms with Crippen molar-refractivity contribution in [3.63, 3.8) is 0 Å². The number of nitrogens with two attached hydrogens (primary N) is 1. The van der Waals surface area contributed by atoms with E-state index < -0.39 is 0 Å². The third-order valence-electron chi connectivity index (χ3n) is 5.95. The Hall–Kier alpha value is -1.59. The van der Waals surface area contributed by atoms with Gasteiger partial charge in [-0.15, -0.1) is 24.8 Å². The first kappa shape index (κ1) is 26.4. The fourth-order valence-corrected chi connectivity index (χ4v) is 3.87. The van der Waals surface area contributed by atoms with Gasteiger partial charge in [0.15, 0.2) is 0 Å². The molecule has 0 aliphatic carbocycles. The third kappa shape index (κ3) is 7.28. The summed E-state index contributed by atoms with van der Waals surface area (Å²) in [6.45, 7) is 6.95. The molecule has 2 aromatic rings. The predicted octanol–water partition coefficient (Wildman–Crippen LogP) is 4.86. The molecule has 0 bridgehead atoms. The number of piperidine rings is 1. The summed E-state index contributed by atoms with van der Waals surface area (Å²) in [6.07, 6.45) is 3.95. The maximum absolute atomic E-state index is 12.5. The monoisotopic (exact) mass is 451 g/mol. The fraction of sp³-hybridized carbons (Fsp3) is 0.458. The van der Waals surface area contributed by atoms with Crippen molar-refractivity contribution in [2.24, 2.45) is 11.7 Å². The molecule has 4 nitrogen and oxygen atoms in total. The Morgan fingerprint density at radius 1 is 1.07 bits per heavy atom. The topological polar surface area (TPSA) is 58.4 Å². The van der Waals surface area contributed by atoms with E-state index >= 15 is 0 Å². The molecule has 0 radical (unpaired) electrons. The summed E-state index contributed by atoms with van der Waals surface area (Å²) in [6, 6.07) is 18.8. The summed E-state index contributed by atoms with van der Waals surface area (Å²) in [5.41, 5.74) is 9.70. The second-order valence-electron chi connectivity index (χ2n) is 8.07. The van der Waals surface area contributed by atoms with Crippen molar-refractivity contribution >= 4 is 30.7 Å².